The van der Waals surface area contributed by atoms with E-state index in [0.29, 0.717) is 0 Å². The lowest BCUT2D eigenvalue weighted by atomic mass is 10.2. The van der Waals surface area contributed by atoms with Gasteiger partial charge in [-0.15, -0.1) is 6.42 Å². The molecule has 0 aliphatic heterocycles. The maximum absolute atomic E-state index is 11.3. The quantitative estimate of drug-likeness (QED) is 0.694. The summed E-state index contributed by atoms with van der Waals surface area (Å²) in [7, 11) is 0. The summed E-state index contributed by atoms with van der Waals surface area (Å²) in [5, 5.41) is 4.86. The molecule has 0 aromatic carbocycles. The first-order valence-corrected chi connectivity index (χ1v) is 4.97. The summed E-state index contributed by atoms with van der Waals surface area (Å²) < 4.78 is 4.99. The number of hydrogen-bond donors (Lipinski definition) is 2. The van der Waals surface area contributed by atoms with Crippen molar-refractivity contribution in [3.63, 3.8) is 0 Å². The number of carbonyl (C=O) groups is 2. The van der Waals surface area contributed by atoms with Crippen LogP contribution in [0.3, 0.4) is 0 Å². The third-order valence-corrected chi connectivity index (χ3v) is 1.49. The van der Waals surface area contributed by atoms with Gasteiger partial charge in [-0.2, -0.15) is 0 Å². The zero-order valence-corrected chi connectivity index (χ0v) is 10.1. The average Bonchev–Trinajstić information content (AvgIpc) is 2.10. The predicted octanol–water partition coefficient (Wildman–Crippen LogP) is 0.649. The number of rotatable bonds is 3. The number of alkyl carbamates (subject to hydrolysis) is 1. The van der Waals surface area contributed by atoms with Crippen molar-refractivity contribution in [1.82, 2.24) is 10.6 Å². The Kier molecular flexibility index (Phi) is 5.37. The molecule has 0 saturated heterocycles. The van der Waals surface area contributed by atoms with Gasteiger partial charge in [-0.25, -0.2) is 4.79 Å². The molecule has 5 nitrogen and oxygen atoms in total. The van der Waals surface area contributed by atoms with Gasteiger partial charge in [0.2, 0.25) is 5.91 Å². The summed E-state index contributed by atoms with van der Waals surface area (Å²) in [6.07, 6.45) is 4.36. The molecular formula is C11H18N2O3. The zero-order chi connectivity index (χ0) is 12.8. The minimum absolute atomic E-state index is 0.138. The van der Waals surface area contributed by atoms with Crippen LogP contribution in [0.25, 0.3) is 0 Å². The second-order valence-corrected chi connectivity index (χ2v) is 4.29. The van der Waals surface area contributed by atoms with Crippen molar-refractivity contribution < 1.29 is 14.3 Å². The molecule has 0 aromatic heterocycles. The van der Waals surface area contributed by atoms with E-state index in [1.54, 1.807) is 27.7 Å². The van der Waals surface area contributed by atoms with Gasteiger partial charge in [0.05, 0.1) is 6.54 Å². The Hall–Kier alpha value is -1.70. The predicted molar refractivity (Wildman–Crippen MR) is 60.7 cm³/mol. The van der Waals surface area contributed by atoms with E-state index < -0.39 is 17.7 Å². The molecule has 5 heteroatoms. The molecule has 1 atom stereocenters. The van der Waals surface area contributed by atoms with E-state index in [2.05, 4.69) is 16.6 Å². The van der Waals surface area contributed by atoms with Crippen LogP contribution in [0, 0.1) is 12.3 Å². The third kappa shape index (κ3) is 6.71. The van der Waals surface area contributed by atoms with Gasteiger partial charge in [0.1, 0.15) is 11.6 Å². The van der Waals surface area contributed by atoms with Gasteiger partial charge < -0.3 is 15.4 Å². The molecule has 0 heterocycles. The van der Waals surface area contributed by atoms with Gasteiger partial charge in [-0.1, -0.05) is 5.92 Å². The molecule has 0 aliphatic carbocycles. The molecule has 2 N–H and O–H groups in total. The van der Waals surface area contributed by atoms with E-state index in [-0.39, 0.29) is 12.5 Å². The summed E-state index contributed by atoms with van der Waals surface area (Å²) in [4.78, 5) is 22.6. The van der Waals surface area contributed by atoms with E-state index >= 15 is 0 Å². The van der Waals surface area contributed by atoms with Crippen LogP contribution in [-0.4, -0.2) is 30.2 Å². The lowest BCUT2D eigenvalue weighted by Crippen LogP contribution is -2.46. The Morgan fingerprint density at radius 2 is 2.00 bits per heavy atom. The lowest BCUT2D eigenvalue weighted by Gasteiger charge is -2.21. The van der Waals surface area contributed by atoms with E-state index in [1.807, 2.05) is 0 Å². The van der Waals surface area contributed by atoms with Crippen LogP contribution in [0.5, 0.6) is 0 Å². The molecule has 1 unspecified atom stereocenters. The summed E-state index contributed by atoms with van der Waals surface area (Å²) >= 11 is 0. The highest BCUT2D eigenvalue weighted by Crippen LogP contribution is 2.06. The maximum Gasteiger partial charge on any atom is 0.408 e. The molecule has 0 aromatic rings. The summed E-state index contributed by atoms with van der Waals surface area (Å²) in [5.74, 6) is 1.93. The van der Waals surface area contributed by atoms with E-state index in [9.17, 15) is 9.59 Å². The van der Waals surface area contributed by atoms with Crippen molar-refractivity contribution in [3.05, 3.63) is 0 Å². The van der Waals surface area contributed by atoms with Gasteiger partial charge in [0.25, 0.3) is 0 Å². The Morgan fingerprint density at radius 1 is 1.44 bits per heavy atom. The van der Waals surface area contributed by atoms with Crippen molar-refractivity contribution in [2.24, 2.45) is 0 Å². The molecular weight excluding hydrogens is 208 g/mol. The number of hydrogen-bond acceptors (Lipinski definition) is 3. The third-order valence-electron chi connectivity index (χ3n) is 1.49. The Morgan fingerprint density at radius 3 is 2.44 bits per heavy atom. The average molecular weight is 226 g/mol. The molecule has 16 heavy (non-hydrogen) atoms. The zero-order valence-electron chi connectivity index (χ0n) is 10.1. The molecule has 0 fully saturated rings. The van der Waals surface area contributed by atoms with Crippen molar-refractivity contribution in [2.75, 3.05) is 6.54 Å². The first-order valence-electron chi connectivity index (χ1n) is 4.97. The Balaban J connectivity index is 4.05. The molecule has 2 amide bonds. The molecule has 0 radical (unpaired) electrons. The minimum atomic E-state index is -0.678. The van der Waals surface area contributed by atoms with Crippen LogP contribution in [-0.2, 0) is 9.53 Å². The normalized spacial score (nSPS) is 12.2. The summed E-state index contributed by atoms with van der Waals surface area (Å²) in [6.45, 7) is 6.93. The summed E-state index contributed by atoms with van der Waals surface area (Å²) in [6, 6.07) is -0.678. The molecule has 0 aliphatic rings. The molecule has 0 spiro atoms. The maximum atomic E-state index is 11.3. The van der Waals surface area contributed by atoms with Gasteiger partial charge >= 0.3 is 6.09 Å². The standard InChI is InChI=1S/C11H18N2O3/c1-6-7-12-9(14)8(2)13-10(15)16-11(3,4)5/h1,8H,7H2,2-5H3,(H,12,14)(H,13,15). The monoisotopic (exact) mass is 226 g/mol. The topological polar surface area (TPSA) is 67.4 Å². The highest BCUT2D eigenvalue weighted by atomic mass is 16.6. The number of carbonyl (C=O) groups excluding carboxylic acids is 2. The van der Waals surface area contributed by atoms with Gasteiger partial charge in [0.15, 0.2) is 0 Å². The van der Waals surface area contributed by atoms with Crippen LogP contribution in [0.2, 0.25) is 0 Å². The van der Waals surface area contributed by atoms with Crippen LogP contribution in [0.15, 0.2) is 0 Å². The lowest BCUT2D eigenvalue weighted by molar-refractivity contribution is -0.122. The number of amides is 2. The number of nitrogens with one attached hydrogen (secondary N) is 2. The van der Waals surface area contributed by atoms with E-state index in [4.69, 9.17) is 11.2 Å². The first kappa shape index (κ1) is 14.3. The van der Waals surface area contributed by atoms with Crippen molar-refractivity contribution in [2.45, 2.75) is 39.3 Å². The molecule has 0 bridgehead atoms. The minimum Gasteiger partial charge on any atom is -0.444 e. The van der Waals surface area contributed by atoms with Gasteiger partial charge in [-0.05, 0) is 27.7 Å². The summed E-state index contributed by atoms with van der Waals surface area (Å²) in [5.41, 5.74) is -0.584. The van der Waals surface area contributed by atoms with Crippen LogP contribution in [0.4, 0.5) is 4.79 Å². The second-order valence-electron chi connectivity index (χ2n) is 4.29. The highest BCUT2D eigenvalue weighted by molar-refractivity contribution is 5.85. The fourth-order valence-corrected chi connectivity index (χ4v) is 0.841. The van der Waals surface area contributed by atoms with Crippen LogP contribution >= 0.6 is 0 Å². The first-order chi connectivity index (χ1) is 7.26. The smallest absolute Gasteiger partial charge is 0.408 e. The molecule has 0 rings (SSSR count). The molecule has 90 valence electrons. The van der Waals surface area contributed by atoms with Crippen LogP contribution < -0.4 is 10.6 Å². The molecule has 0 saturated carbocycles. The van der Waals surface area contributed by atoms with E-state index in [0.717, 1.165) is 0 Å². The van der Waals surface area contributed by atoms with Crippen molar-refractivity contribution in [1.29, 1.82) is 0 Å². The SMILES string of the molecule is C#CCNC(=O)C(C)NC(=O)OC(C)(C)C. The Bertz CT molecular complexity index is 299. The Labute approximate surface area is 95.9 Å². The van der Waals surface area contributed by atoms with Gasteiger partial charge in [0, 0.05) is 0 Å². The fourth-order valence-electron chi connectivity index (χ4n) is 0.841. The van der Waals surface area contributed by atoms with Gasteiger partial charge in [-0.3, -0.25) is 4.79 Å². The van der Waals surface area contributed by atoms with Crippen molar-refractivity contribution >= 4 is 12.0 Å². The number of terminal acetylenes is 1. The van der Waals surface area contributed by atoms with E-state index in [1.165, 1.54) is 0 Å². The van der Waals surface area contributed by atoms with Crippen molar-refractivity contribution in [3.8, 4) is 12.3 Å². The largest absolute Gasteiger partial charge is 0.444 e. The highest BCUT2D eigenvalue weighted by Gasteiger charge is 2.20. The number of ether oxygens (including phenoxy) is 1. The van der Waals surface area contributed by atoms with Crippen LogP contribution in [0.1, 0.15) is 27.7 Å². The fraction of sp³-hybridized carbons (Fsp3) is 0.636. The second kappa shape index (κ2) is 6.01.